The number of nitrogens with zero attached hydrogens (tertiary/aromatic N) is 4. The molecule has 12 nitrogen and oxygen atoms in total. The molecule has 0 fully saturated rings. The fraction of sp³-hybridized carbons (Fsp3) is 0.312. The molecule has 1 aliphatic carbocycles. The molecule has 4 aromatic rings. The van der Waals surface area contributed by atoms with E-state index in [9.17, 15) is 9.59 Å². The minimum absolute atomic E-state index is 0. The standard InChI is InChI=1S/C48H54N5O7.ClH/c1-33-12-18-40-44(26-33)58-24-25-59-45-28-35(48-38-16-13-34(30-49-2)27-42(38)60-43-29-37(50(3)4)15-17-39(43)48)14-19-41(45)53(32-47(55)57-6)23-21-51(36-10-8-7-9-11-36)20-22-52(40)31-46(54)56-5;/h7-19,26-29,49H,20-25,30-32H2,1-6H3;1H/q+1;/p-1. The number of para-hydroxylation sites is 1. The monoisotopic (exact) mass is 847 g/mol. The van der Waals surface area contributed by atoms with E-state index < -0.39 is 0 Å². The molecule has 0 unspecified atom stereocenters. The number of rotatable bonds is 8. The summed E-state index contributed by atoms with van der Waals surface area (Å²) in [5, 5.41) is 5.24. The van der Waals surface area contributed by atoms with Crippen LogP contribution in [0.15, 0.2) is 108 Å². The minimum Gasteiger partial charge on any atom is -1.00 e. The van der Waals surface area contributed by atoms with Gasteiger partial charge in [-0.3, -0.25) is 9.59 Å². The summed E-state index contributed by atoms with van der Waals surface area (Å²) in [7, 11) is 8.76. The molecule has 0 spiro atoms. The van der Waals surface area contributed by atoms with E-state index in [1.807, 2.05) is 80.3 Å². The van der Waals surface area contributed by atoms with Crippen LogP contribution in [-0.2, 0) is 25.6 Å². The highest BCUT2D eigenvalue weighted by Gasteiger charge is 2.24. The van der Waals surface area contributed by atoms with Gasteiger partial charge in [-0.05, 0) is 79.2 Å². The zero-order valence-corrected chi connectivity index (χ0v) is 36.5. The number of benzene rings is 5. The second-order valence-corrected chi connectivity index (χ2v) is 15.1. The number of carbonyl (C=O) groups is 2. The van der Waals surface area contributed by atoms with Crippen LogP contribution in [-0.4, -0.2) is 99.8 Å². The third kappa shape index (κ3) is 10.4. The number of hydrogen-bond acceptors (Lipinski definition) is 11. The van der Waals surface area contributed by atoms with Gasteiger partial charge in [0.05, 0.1) is 31.7 Å². The Morgan fingerprint density at radius 3 is 2.00 bits per heavy atom. The maximum absolute atomic E-state index is 13.1. The maximum atomic E-state index is 13.1. The molecule has 13 heteroatoms. The van der Waals surface area contributed by atoms with Crippen molar-refractivity contribution < 1.29 is 45.4 Å². The van der Waals surface area contributed by atoms with Gasteiger partial charge in [-0.15, -0.1) is 0 Å². The first-order valence-corrected chi connectivity index (χ1v) is 20.2. The summed E-state index contributed by atoms with van der Waals surface area (Å²) >= 11 is 0. The van der Waals surface area contributed by atoms with Crippen LogP contribution < -0.4 is 51.8 Å². The van der Waals surface area contributed by atoms with E-state index in [-0.39, 0.29) is 50.6 Å². The van der Waals surface area contributed by atoms with E-state index in [1.165, 1.54) is 14.2 Å². The number of methoxy groups -OCH3 is 2. The van der Waals surface area contributed by atoms with Gasteiger partial charge in [-0.25, -0.2) is 4.58 Å². The predicted molar refractivity (Wildman–Crippen MR) is 237 cm³/mol. The molecule has 7 rings (SSSR count). The Bertz CT molecular complexity index is 2510. The van der Waals surface area contributed by atoms with Crippen molar-refractivity contribution in [3.8, 4) is 33.9 Å². The number of esters is 2. The summed E-state index contributed by atoms with van der Waals surface area (Å²) in [5.41, 5.74) is 8.35. The van der Waals surface area contributed by atoms with E-state index in [0.29, 0.717) is 44.2 Å². The fourth-order valence-corrected chi connectivity index (χ4v) is 7.68. The summed E-state index contributed by atoms with van der Waals surface area (Å²) in [5.74, 6) is 1.28. The average Bonchev–Trinajstić information content (AvgIpc) is 3.26. The molecular weight excluding hydrogens is 794 g/mol. The van der Waals surface area contributed by atoms with Gasteiger partial charge in [0.15, 0.2) is 0 Å². The van der Waals surface area contributed by atoms with Crippen molar-refractivity contribution in [1.29, 1.82) is 0 Å². The molecule has 0 aromatic heterocycles. The number of hydrogen-bond donors (Lipinski definition) is 1. The number of fused-ring (bicyclic) bond motifs is 4. The molecule has 0 radical (unpaired) electrons. The Balaban J connectivity index is 0.00000622. The lowest BCUT2D eigenvalue weighted by Crippen LogP contribution is -3.00. The molecule has 0 bridgehead atoms. The van der Waals surface area contributed by atoms with E-state index in [1.54, 1.807) is 0 Å². The van der Waals surface area contributed by atoms with Gasteiger partial charge in [0.1, 0.15) is 63.2 Å². The lowest BCUT2D eigenvalue weighted by molar-refractivity contribution is -0.139. The number of ether oxygens (including phenoxy) is 4. The lowest BCUT2D eigenvalue weighted by atomic mass is 9.92. The molecule has 0 atom stereocenters. The summed E-state index contributed by atoms with van der Waals surface area (Å²) in [6.45, 7) is 5.25. The van der Waals surface area contributed by atoms with Crippen LogP contribution in [0.3, 0.4) is 0 Å². The number of aryl methyl sites for hydroxylation is 1. The largest absolute Gasteiger partial charge is 1.00 e. The molecular formula is C48H54ClN5O7. The first-order chi connectivity index (χ1) is 29.1. The average molecular weight is 848 g/mol. The SMILES string of the molecule is CNCc1ccc2c(-c3ccc4c(c3)OCCOc3cc(C)ccc3N(CC(=O)OC)CCN(c3ccccc3)CCN4CC(=O)OC)c3ccc(=[N+](C)C)cc-3oc2c1.[Cl-]. The molecule has 3 aliphatic rings. The zero-order valence-electron chi connectivity index (χ0n) is 35.7. The Labute approximate surface area is 363 Å². The van der Waals surface area contributed by atoms with Crippen LogP contribution in [0.25, 0.3) is 33.4 Å². The zero-order chi connectivity index (χ0) is 42.2. The van der Waals surface area contributed by atoms with Gasteiger partial charge in [0.25, 0.3) is 0 Å². The van der Waals surface area contributed by atoms with E-state index >= 15 is 0 Å². The molecule has 0 saturated heterocycles. The van der Waals surface area contributed by atoms with Crippen LogP contribution in [0.2, 0.25) is 0 Å². The summed E-state index contributed by atoms with van der Waals surface area (Å²) in [6, 6.07) is 34.9. The topological polar surface area (TPSA) is 109 Å². The first-order valence-electron chi connectivity index (χ1n) is 20.2. The van der Waals surface area contributed by atoms with E-state index in [2.05, 4.69) is 75.5 Å². The van der Waals surface area contributed by atoms with E-state index in [4.69, 9.17) is 23.4 Å². The Hall–Kier alpha value is -6.24. The molecule has 2 heterocycles. The Morgan fingerprint density at radius 1 is 0.738 bits per heavy atom. The predicted octanol–water partition coefficient (Wildman–Crippen LogP) is 3.21. The van der Waals surface area contributed by atoms with Gasteiger partial charge in [-0.2, -0.15) is 0 Å². The molecule has 0 saturated carbocycles. The molecule has 4 aromatic carbocycles. The molecule has 61 heavy (non-hydrogen) atoms. The van der Waals surface area contributed by atoms with Gasteiger partial charge >= 0.3 is 11.9 Å². The van der Waals surface area contributed by atoms with Gasteiger partial charge in [0.2, 0.25) is 5.36 Å². The first kappa shape index (κ1) is 44.3. The van der Waals surface area contributed by atoms with Gasteiger partial charge < -0.3 is 55.8 Å². The van der Waals surface area contributed by atoms with Crippen molar-refractivity contribution in [2.45, 2.75) is 13.5 Å². The number of halogens is 1. The molecule has 320 valence electrons. The van der Waals surface area contributed by atoms with Crippen molar-refractivity contribution in [2.24, 2.45) is 0 Å². The normalized spacial score (nSPS) is 13.4. The number of anilines is 3. The van der Waals surface area contributed by atoms with E-state index in [0.717, 1.165) is 67.0 Å². The number of nitrogens with one attached hydrogen (secondary N) is 1. The Morgan fingerprint density at radius 2 is 1.38 bits per heavy atom. The highest BCUT2D eigenvalue weighted by atomic mass is 35.5. The summed E-state index contributed by atoms with van der Waals surface area (Å²) in [6.07, 6.45) is 0. The van der Waals surface area contributed by atoms with Crippen molar-refractivity contribution >= 4 is 40.0 Å². The van der Waals surface area contributed by atoms with Crippen LogP contribution in [0.5, 0.6) is 11.5 Å². The second kappa shape index (κ2) is 20.3. The minimum atomic E-state index is -0.372. The molecule has 2 aliphatic heterocycles. The van der Waals surface area contributed by atoms with Crippen molar-refractivity contribution in [1.82, 2.24) is 9.89 Å². The summed E-state index contributed by atoms with van der Waals surface area (Å²) < 4.78 is 32.2. The molecule has 0 amide bonds. The Kier molecular flexibility index (Phi) is 14.8. The quantitative estimate of drug-likeness (QED) is 0.139. The number of carbonyl (C=O) groups excluding carboxylic acids is 2. The van der Waals surface area contributed by atoms with Crippen LogP contribution >= 0.6 is 0 Å². The highest BCUT2D eigenvalue weighted by molar-refractivity contribution is 6.02. The van der Waals surface area contributed by atoms with Crippen LogP contribution in [0, 0.1) is 6.92 Å². The smallest absolute Gasteiger partial charge is 0.325 e. The fourth-order valence-electron chi connectivity index (χ4n) is 7.68. The van der Waals surface area contributed by atoms with Crippen molar-refractivity contribution in [3.63, 3.8) is 0 Å². The second-order valence-electron chi connectivity index (χ2n) is 15.1. The van der Waals surface area contributed by atoms with Crippen LogP contribution in [0.1, 0.15) is 11.1 Å². The highest BCUT2D eigenvalue weighted by Crippen LogP contribution is 2.43. The lowest BCUT2D eigenvalue weighted by Gasteiger charge is -2.33. The van der Waals surface area contributed by atoms with Crippen molar-refractivity contribution in [3.05, 3.63) is 120 Å². The third-order valence-electron chi connectivity index (χ3n) is 10.8. The summed E-state index contributed by atoms with van der Waals surface area (Å²) in [4.78, 5) is 32.2. The van der Waals surface area contributed by atoms with Gasteiger partial charge in [0, 0.05) is 61.0 Å². The van der Waals surface area contributed by atoms with Crippen molar-refractivity contribution in [2.75, 3.05) is 103 Å². The maximum Gasteiger partial charge on any atom is 0.325 e. The third-order valence-corrected chi connectivity index (χ3v) is 10.8. The van der Waals surface area contributed by atoms with Gasteiger partial charge in [-0.1, -0.05) is 42.5 Å². The molecule has 1 N–H and O–H groups in total. The van der Waals surface area contributed by atoms with Crippen LogP contribution in [0.4, 0.5) is 17.1 Å².